The van der Waals surface area contributed by atoms with Gasteiger partial charge in [-0.3, -0.25) is 4.79 Å². The maximum Gasteiger partial charge on any atom is 0.257 e. The van der Waals surface area contributed by atoms with Crippen LogP contribution in [0.3, 0.4) is 0 Å². The summed E-state index contributed by atoms with van der Waals surface area (Å²) in [6, 6.07) is 5.64. The summed E-state index contributed by atoms with van der Waals surface area (Å²) in [5.41, 5.74) is 1.66. The van der Waals surface area contributed by atoms with E-state index < -0.39 is 0 Å². The summed E-state index contributed by atoms with van der Waals surface area (Å²) in [5.74, 6) is 0.625. The fourth-order valence-corrected chi connectivity index (χ4v) is 2.60. The molecule has 0 atom stereocenters. The smallest absolute Gasteiger partial charge is 0.257 e. The van der Waals surface area contributed by atoms with Gasteiger partial charge in [0.2, 0.25) is 0 Å². The van der Waals surface area contributed by atoms with Gasteiger partial charge in [0, 0.05) is 13.1 Å². The lowest BCUT2D eigenvalue weighted by atomic mass is 10.0. The molecule has 1 N–H and O–H groups in total. The van der Waals surface area contributed by atoms with Gasteiger partial charge in [-0.2, -0.15) is 0 Å². The standard InChI is InChI=1S/C16H23NO4/c1-12-3-4-15(20-2)14(11-12)16(19)17-7-5-13(6-8-17)21-10-9-18/h3-4,11,13,18H,5-10H2,1-2H3. The number of benzene rings is 1. The summed E-state index contributed by atoms with van der Waals surface area (Å²) in [4.78, 5) is 14.5. The molecule has 1 fully saturated rings. The maximum atomic E-state index is 12.6. The number of carbonyl (C=O) groups excluding carboxylic acids is 1. The van der Waals surface area contributed by atoms with Crippen LogP contribution >= 0.6 is 0 Å². The molecule has 0 aromatic heterocycles. The maximum absolute atomic E-state index is 12.6. The zero-order chi connectivity index (χ0) is 15.2. The molecule has 0 radical (unpaired) electrons. The molecular weight excluding hydrogens is 270 g/mol. The Morgan fingerprint density at radius 2 is 2.10 bits per heavy atom. The molecule has 1 aromatic carbocycles. The molecule has 0 bridgehead atoms. The van der Waals surface area contributed by atoms with Gasteiger partial charge in [0.25, 0.3) is 5.91 Å². The lowest BCUT2D eigenvalue weighted by Gasteiger charge is -2.32. The Bertz CT molecular complexity index is 481. The van der Waals surface area contributed by atoms with Crippen molar-refractivity contribution in [2.75, 3.05) is 33.4 Å². The molecule has 1 amide bonds. The Morgan fingerprint density at radius 3 is 2.71 bits per heavy atom. The topological polar surface area (TPSA) is 59.0 Å². The van der Waals surface area contributed by atoms with Crippen molar-refractivity contribution in [1.82, 2.24) is 4.90 Å². The number of aliphatic hydroxyl groups excluding tert-OH is 1. The van der Waals surface area contributed by atoms with E-state index in [-0.39, 0.29) is 18.6 Å². The molecule has 5 nitrogen and oxygen atoms in total. The monoisotopic (exact) mass is 293 g/mol. The van der Waals surface area contributed by atoms with Crippen LogP contribution in [0.25, 0.3) is 0 Å². The van der Waals surface area contributed by atoms with E-state index >= 15 is 0 Å². The van der Waals surface area contributed by atoms with Crippen LogP contribution in [-0.4, -0.2) is 55.4 Å². The van der Waals surface area contributed by atoms with Crippen molar-refractivity contribution >= 4 is 5.91 Å². The lowest BCUT2D eigenvalue weighted by Crippen LogP contribution is -2.41. The van der Waals surface area contributed by atoms with E-state index in [2.05, 4.69) is 0 Å². The van der Waals surface area contributed by atoms with Crippen molar-refractivity contribution in [3.8, 4) is 5.75 Å². The number of amides is 1. The van der Waals surface area contributed by atoms with E-state index in [1.54, 1.807) is 7.11 Å². The first kappa shape index (κ1) is 15.8. The Kier molecular flexibility index (Phi) is 5.59. The first-order chi connectivity index (χ1) is 10.2. The first-order valence-electron chi connectivity index (χ1n) is 7.32. The van der Waals surface area contributed by atoms with E-state index in [4.69, 9.17) is 14.6 Å². The average Bonchev–Trinajstić information content (AvgIpc) is 2.52. The highest BCUT2D eigenvalue weighted by atomic mass is 16.5. The molecule has 21 heavy (non-hydrogen) atoms. The summed E-state index contributed by atoms with van der Waals surface area (Å²) in [5, 5.41) is 8.77. The molecule has 1 heterocycles. The van der Waals surface area contributed by atoms with Crippen molar-refractivity contribution < 1.29 is 19.4 Å². The van der Waals surface area contributed by atoms with Gasteiger partial charge < -0.3 is 19.5 Å². The molecular formula is C16H23NO4. The number of piperidine rings is 1. The fraction of sp³-hybridized carbons (Fsp3) is 0.562. The van der Waals surface area contributed by atoms with Crippen LogP contribution < -0.4 is 4.74 Å². The van der Waals surface area contributed by atoms with Crippen molar-refractivity contribution in [2.24, 2.45) is 0 Å². The van der Waals surface area contributed by atoms with Crippen LogP contribution in [0.15, 0.2) is 18.2 Å². The Labute approximate surface area is 125 Å². The van der Waals surface area contributed by atoms with Gasteiger partial charge in [-0.05, 0) is 31.9 Å². The highest BCUT2D eigenvalue weighted by Crippen LogP contribution is 2.23. The van der Waals surface area contributed by atoms with E-state index in [1.807, 2.05) is 30.0 Å². The molecule has 0 spiro atoms. The molecule has 2 rings (SSSR count). The summed E-state index contributed by atoms with van der Waals surface area (Å²) in [7, 11) is 1.58. The molecule has 0 unspecified atom stereocenters. The van der Waals surface area contributed by atoms with Crippen molar-refractivity contribution in [3.05, 3.63) is 29.3 Å². The van der Waals surface area contributed by atoms with Gasteiger partial charge in [0.05, 0.1) is 32.0 Å². The van der Waals surface area contributed by atoms with Gasteiger partial charge >= 0.3 is 0 Å². The summed E-state index contributed by atoms with van der Waals surface area (Å²) < 4.78 is 10.8. The highest BCUT2D eigenvalue weighted by Gasteiger charge is 2.25. The average molecular weight is 293 g/mol. The number of nitrogens with zero attached hydrogens (tertiary/aromatic N) is 1. The van der Waals surface area contributed by atoms with Crippen molar-refractivity contribution in [2.45, 2.75) is 25.9 Å². The van der Waals surface area contributed by atoms with Crippen LogP contribution in [0.2, 0.25) is 0 Å². The van der Waals surface area contributed by atoms with Crippen LogP contribution in [0.4, 0.5) is 0 Å². The second-order valence-corrected chi connectivity index (χ2v) is 5.29. The summed E-state index contributed by atoms with van der Waals surface area (Å²) in [6.45, 7) is 3.72. The number of aryl methyl sites for hydroxylation is 1. The molecule has 116 valence electrons. The molecule has 5 heteroatoms. The Morgan fingerprint density at radius 1 is 1.38 bits per heavy atom. The zero-order valence-electron chi connectivity index (χ0n) is 12.7. The number of hydrogen-bond donors (Lipinski definition) is 1. The third kappa shape index (κ3) is 3.95. The third-order valence-electron chi connectivity index (χ3n) is 3.76. The van der Waals surface area contributed by atoms with Gasteiger partial charge in [-0.25, -0.2) is 0 Å². The summed E-state index contributed by atoms with van der Waals surface area (Å²) >= 11 is 0. The number of aliphatic hydroxyl groups is 1. The van der Waals surface area contributed by atoms with Crippen LogP contribution in [-0.2, 0) is 4.74 Å². The van der Waals surface area contributed by atoms with Gasteiger partial charge in [-0.1, -0.05) is 11.6 Å². The number of carbonyl (C=O) groups is 1. The van der Waals surface area contributed by atoms with Crippen molar-refractivity contribution in [3.63, 3.8) is 0 Å². The van der Waals surface area contributed by atoms with E-state index in [0.717, 1.165) is 18.4 Å². The van der Waals surface area contributed by atoms with E-state index in [9.17, 15) is 4.79 Å². The predicted octanol–water partition coefficient (Wildman–Crippen LogP) is 1.62. The van der Waals surface area contributed by atoms with Crippen LogP contribution in [0.1, 0.15) is 28.8 Å². The largest absolute Gasteiger partial charge is 0.496 e. The Balaban J connectivity index is 2.00. The second-order valence-electron chi connectivity index (χ2n) is 5.29. The summed E-state index contributed by atoms with van der Waals surface area (Å²) in [6.07, 6.45) is 1.75. The minimum atomic E-state index is 0.0103. The van der Waals surface area contributed by atoms with Crippen LogP contribution in [0.5, 0.6) is 5.75 Å². The number of rotatable bonds is 5. The quantitative estimate of drug-likeness (QED) is 0.896. The van der Waals surface area contributed by atoms with Crippen LogP contribution in [0, 0.1) is 6.92 Å². The Hall–Kier alpha value is -1.59. The molecule has 0 saturated carbocycles. The normalized spacial score (nSPS) is 16.0. The third-order valence-corrected chi connectivity index (χ3v) is 3.76. The molecule has 1 saturated heterocycles. The number of methoxy groups -OCH3 is 1. The highest BCUT2D eigenvalue weighted by molar-refractivity contribution is 5.97. The first-order valence-corrected chi connectivity index (χ1v) is 7.32. The predicted molar refractivity (Wildman–Crippen MR) is 79.7 cm³/mol. The van der Waals surface area contributed by atoms with E-state index in [1.165, 1.54) is 0 Å². The molecule has 1 aliphatic rings. The number of ether oxygens (including phenoxy) is 2. The van der Waals surface area contributed by atoms with Gasteiger partial charge in [0.15, 0.2) is 0 Å². The number of hydrogen-bond acceptors (Lipinski definition) is 4. The minimum absolute atomic E-state index is 0.0103. The minimum Gasteiger partial charge on any atom is -0.496 e. The molecule has 1 aliphatic heterocycles. The molecule has 0 aliphatic carbocycles. The van der Waals surface area contributed by atoms with E-state index in [0.29, 0.717) is 31.0 Å². The SMILES string of the molecule is COc1ccc(C)cc1C(=O)N1CCC(OCCO)CC1. The number of likely N-dealkylation sites (tertiary alicyclic amines) is 1. The zero-order valence-corrected chi connectivity index (χ0v) is 12.7. The molecule has 1 aromatic rings. The van der Waals surface area contributed by atoms with Crippen molar-refractivity contribution in [1.29, 1.82) is 0 Å². The fourth-order valence-electron chi connectivity index (χ4n) is 2.60. The van der Waals surface area contributed by atoms with Gasteiger partial charge in [0.1, 0.15) is 5.75 Å². The lowest BCUT2D eigenvalue weighted by molar-refractivity contribution is -0.00558. The van der Waals surface area contributed by atoms with Gasteiger partial charge in [-0.15, -0.1) is 0 Å². The second kappa shape index (κ2) is 7.43.